The molecule has 0 bridgehead atoms. The van der Waals surface area contributed by atoms with Crippen molar-refractivity contribution in [2.24, 2.45) is 0 Å². The molecule has 0 amide bonds. The second-order valence-corrected chi connectivity index (χ2v) is 9.63. The van der Waals surface area contributed by atoms with Crippen LogP contribution in [0.15, 0.2) is 66.0 Å². The molecule has 5 aromatic rings. The normalized spacial score (nSPS) is 11.7. The lowest BCUT2D eigenvalue weighted by molar-refractivity contribution is 0.596. The Hall–Kier alpha value is -4.12. The Morgan fingerprint density at radius 3 is 2.48 bits per heavy atom. The highest BCUT2D eigenvalue weighted by atomic mass is 32.2. The van der Waals surface area contributed by atoms with Gasteiger partial charge in [0.05, 0.1) is 16.7 Å². The summed E-state index contributed by atoms with van der Waals surface area (Å²) in [6.45, 7) is 3.67. The first kappa shape index (κ1) is 20.8. The first-order valence-electron chi connectivity index (χ1n) is 10.1. The molecule has 1 N–H and O–H groups in total. The lowest BCUT2D eigenvalue weighted by Crippen LogP contribution is -2.06. The number of anilines is 2. The number of pyridine rings is 1. The van der Waals surface area contributed by atoms with Gasteiger partial charge in [0.1, 0.15) is 12.1 Å². The number of fused-ring (bicyclic) bond motifs is 1. The van der Waals surface area contributed by atoms with Crippen molar-refractivity contribution in [2.75, 3.05) is 11.6 Å². The molecule has 0 aliphatic heterocycles. The molecule has 0 unspecified atom stereocenters. The van der Waals surface area contributed by atoms with Crippen LogP contribution < -0.4 is 5.32 Å². The van der Waals surface area contributed by atoms with Gasteiger partial charge in [-0.05, 0) is 62.4 Å². The number of rotatable bonds is 5. The van der Waals surface area contributed by atoms with Crippen LogP contribution in [0.1, 0.15) is 11.4 Å². The number of aryl methyl sites for hydroxylation is 2. The van der Waals surface area contributed by atoms with Crippen molar-refractivity contribution >= 4 is 32.4 Å². The maximum Gasteiger partial charge on any atom is 0.194 e. The van der Waals surface area contributed by atoms with E-state index in [-0.39, 0.29) is 5.03 Å². The van der Waals surface area contributed by atoms with Gasteiger partial charge in [0, 0.05) is 17.6 Å². The minimum atomic E-state index is -3.41. The lowest BCUT2D eigenvalue weighted by Gasteiger charge is -2.08. The van der Waals surface area contributed by atoms with Crippen molar-refractivity contribution in [3.63, 3.8) is 0 Å². The molecule has 0 aliphatic carbocycles. The van der Waals surface area contributed by atoms with Gasteiger partial charge in [-0.25, -0.2) is 23.1 Å². The molecular weight excluding hydrogens is 440 g/mol. The van der Waals surface area contributed by atoms with Crippen LogP contribution in [0.3, 0.4) is 0 Å². The number of nitrogens with one attached hydrogen (secondary N) is 1. The third-order valence-electron chi connectivity index (χ3n) is 5.05. The van der Waals surface area contributed by atoms with E-state index in [1.54, 1.807) is 19.3 Å². The van der Waals surface area contributed by atoms with Gasteiger partial charge < -0.3 is 5.32 Å². The third-order valence-corrected chi connectivity index (χ3v) is 6.01. The summed E-state index contributed by atoms with van der Waals surface area (Å²) in [5, 5.41) is 15.6. The number of hydrogen-bond acceptors (Lipinski definition) is 8. The molecule has 10 nitrogen and oxygen atoms in total. The van der Waals surface area contributed by atoms with Crippen molar-refractivity contribution in [2.45, 2.75) is 18.9 Å². The van der Waals surface area contributed by atoms with Crippen LogP contribution in [0.25, 0.3) is 22.7 Å². The van der Waals surface area contributed by atoms with Crippen LogP contribution in [-0.4, -0.2) is 49.2 Å². The molecule has 4 aromatic heterocycles. The molecule has 11 heteroatoms. The Morgan fingerprint density at radius 1 is 0.939 bits per heavy atom. The maximum atomic E-state index is 11.9. The van der Waals surface area contributed by atoms with Crippen LogP contribution in [0.5, 0.6) is 0 Å². The zero-order valence-electron chi connectivity index (χ0n) is 18.1. The summed E-state index contributed by atoms with van der Waals surface area (Å²) in [5.41, 5.74) is 4.01. The molecule has 0 aliphatic rings. The minimum Gasteiger partial charge on any atom is -0.339 e. The van der Waals surface area contributed by atoms with Gasteiger partial charge in [0.15, 0.2) is 26.5 Å². The molecule has 33 heavy (non-hydrogen) atoms. The number of hydrogen-bond donors (Lipinski definition) is 1. The van der Waals surface area contributed by atoms with Gasteiger partial charge in [-0.2, -0.15) is 10.2 Å². The summed E-state index contributed by atoms with van der Waals surface area (Å²) >= 11 is 0. The monoisotopic (exact) mass is 460 g/mol. The van der Waals surface area contributed by atoms with Gasteiger partial charge in [-0.15, -0.1) is 5.10 Å². The fraction of sp³-hybridized carbons (Fsp3) is 0.136. The van der Waals surface area contributed by atoms with E-state index in [1.165, 1.54) is 10.7 Å². The second kappa shape index (κ2) is 7.78. The topological polar surface area (TPSA) is 120 Å². The van der Waals surface area contributed by atoms with Gasteiger partial charge in [0.25, 0.3) is 0 Å². The van der Waals surface area contributed by atoms with Crippen molar-refractivity contribution < 1.29 is 8.42 Å². The fourth-order valence-electron chi connectivity index (χ4n) is 3.41. The van der Waals surface area contributed by atoms with Crippen LogP contribution >= 0.6 is 0 Å². The summed E-state index contributed by atoms with van der Waals surface area (Å²) in [7, 11) is -3.41. The second-order valence-electron chi connectivity index (χ2n) is 7.66. The Labute approximate surface area is 189 Å². The minimum absolute atomic E-state index is 0.0126. The highest BCUT2D eigenvalue weighted by Crippen LogP contribution is 2.23. The average molecular weight is 461 g/mol. The van der Waals surface area contributed by atoms with Crippen molar-refractivity contribution in [1.29, 1.82) is 0 Å². The highest BCUT2D eigenvalue weighted by Gasteiger charge is 2.16. The number of imidazole rings is 1. The quantitative estimate of drug-likeness (QED) is 0.425. The van der Waals surface area contributed by atoms with Crippen molar-refractivity contribution in [3.05, 3.63) is 72.3 Å². The largest absolute Gasteiger partial charge is 0.339 e. The Kier molecular flexibility index (Phi) is 4.90. The summed E-state index contributed by atoms with van der Waals surface area (Å²) in [6.07, 6.45) is 2.83. The van der Waals surface area contributed by atoms with Crippen molar-refractivity contribution in [1.82, 2.24) is 34.5 Å². The molecule has 0 saturated carbocycles. The molecule has 0 radical (unpaired) electrons. The van der Waals surface area contributed by atoms with Crippen LogP contribution in [-0.2, 0) is 9.84 Å². The van der Waals surface area contributed by atoms with Crippen LogP contribution in [0.4, 0.5) is 11.5 Å². The average Bonchev–Trinajstić information content (AvgIpc) is 3.39. The molecule has 4 heterocycles. The van der Waals surface area contributed by atoms with Gasteiger partial charge in [-0.1, -0.05) is 6.07 Å². The van der Waals surface area contributed by atoms with Crippen LogP contribution in [0, 0.1) is 13.8 Å². The summed E-state index contributed by atoms with van der Waals surface area (Å²) < 4.78 is 27.1. The zero-order chi connectivity index (χ0) is 23.2. The molecule has 5 rings (SSSR count). The molecule has 0 atom stereocenters. The van der Waals surface area contributed by atoms with E-state index in [0.29, 0.717) is 23.1 Å². The SMILES string of the molecule is Cc1ccc(Nc2ccc3c(c2)ncn3-c2cccc(-n3nc(S(C)(=O)=O)cc3C)n2)nn1. The van der Waals surface area contributed by atoms with E-state index in [2.05, 4.69) is 30.6 Å². The number of sulfone groups is 1. The number of nitrogens with zero attached hydrogens (tertiary/aromatic N) is 7. The van der Waals surface area contributed by atoms with Gasteiger partial charge in [0.2, 0.25) is 0 Å². The Morgan fingerprint density at radius 2 is 1.76 bits per heavy atom. The lowest BCUT2D eigenvalue weighted by atomic mass is 10.2. The van der Waals surface area contributed by atoms with E-state index >= 15 is 0 Å². The molecule has 1 aromatic carbocycles. The first-order valence-corrected chi connectivity index (χ1v) is 12.0. The summed E-state index contributed by atoms with van der Waals surface area (Å²) in [6, 6.07) is 16.6. The zero-order valence-corrected chi connectivity index (χ0v) is 18.9. The molecule has 0 spiro atoms. The van der Waals surface area contributed by atoms with E-state index in [9.17, 15) is 8.42 Å². The standard InChI is InChI=1S/C22H20N8O2S/c1-14-7-10-19(27-26-14)24-16-8-9-18-17(12-16)23-13-29(18)20-5-4-6-21(25-20)30-15(2)11-22(28-30)33(3,31)32/h4-13H,1-3H3,(H,24,27). The first-order chi connectivity index (χ1) is 15.8. The number of benzene rings is 1. The van der Waals surface area contributed by atoms with Crippen LogP contribution in [0.2, 0.25) is 0 Å². The summed E-state index contributed by atoms with van der Waals surface area (Å²) in [4.78, 5) is 9.20. The van der Waals surface area contributed by atoms with E-state index < -0.39 is 9.84 Å². The Balaban J connectivity index is 1.49. The third kappa shape index (κ3) is 4.05. The van der Waals surface area contributed by atoms with Gasteiger partial charge >= 0.3 is 0 Å². The van der Waals surface area contributed by atoms with Crippen molar-refractivity contribution in [3.8, 4) is 11.6 Å². The predicted molar refractivity (Wildman–Crippen MR) is 124 cm³/mol. The van der Waals surface area contributed by atoms with E-state index in [1.807, 2.05) is 54.0 Å². The summed E-state index contributed by atoms with van der Waals surface area (Å²) in [5.74, 6) is 1.80. The maximum absolute atomic E-state index is 11.9. The smallest absolute Gasteiger partial charge is 0.194 e. The predicted octanol–water partition coefficient (Wildman–Crippen LogP) is 3.16. The van der Waals surface area contributed by atoms with E-state index in [0.717, 1.165) is 28.7 Å². The Bertz CT molecular complexity index is 1590. The molecule has 0 fully saturated rings. The molecule has 166 valence electrons. The highest BCUT2D eigenvalue weighted by molar-refractivity contribution is 7.90. The molecule has 0 saturated heterocycles. The van der Waals surface area contributed by atoms with Gasteiger partial charge in [-0.3, -0.25) is 4.57 Å². The molecular formula is C22H20N8O2S. The van der Waals surface area contributed by atoms with E-state index in [4.69, 9.17) is 0 Å². The fourth-order valence-corrected chi connectivity index (χ4v) is 4.02. The number of aromatic nitrogens is 7.